The van der Waals surface area contributed by atoms with Gasteiger partial charge in [0.05, 0.1) is 6.61 Å². The second kappa shape index (κ2) is 12.2. The first kappa shape index (κ1) is 15.1. The molecule has 0 aromatic carbocycles. The number of rotatable bonds is 9. The van der Waals surface area contributed by atoms with Gasteiger partial charge in [-0.15, -0.1) is 0 Å². The Morgan fingerprint density at radius 3 is 2.38 bits per heavy atom. The van der Waals surface area contributed by atoms with E-state index >= 15 is 0 Å². The summed E-state index contributed by atoms with van der Waals surface area (Å²) in [5, 5.41) is 8.69. The van der Waals surface area contributed by atoms with Crippen LogP contribution in [-0.2, 0) is 0 Å². The molecule has 2 heteroatoms. The van der Waals surface area contributed by atoms with Crippen molar-refractivity contribution in [2.24, 2.45) is 5.73 Å². The SMILES string of the molecule is CCCCC/C=C/C=C/C=C/CC(N)CO. The van der Waals surface area contributed by atoms with Gasteiger partial charge in [0.2, 0.25) is 0 Å². The van der Waals surface area contributed by atoms with Crippen LogP contribution in [0.4, 0.5) is 0 Å². The lowest BCUT2D eigenvalue weighted by Crippen LogP contribution is -2.22. The molecule has 0 aromatic rings. The Kier molecular flexibility index (Phi) is 11.6. The van der Waals surface area contributed by atoms with E-state index in [1.165, 1.54) is 19.3 Å². The van der Waals surface area contributed by atoms with Crippen LogP contribution >= 0.6 is 0 Å². The summed E-state index contributed by atoms with van der Waals surface area (Å²) >= 11 is 0. The molecule has 0 aliphatic heterocycles. The summed E-state index contributed by atoms with van der Waals surface area (Å²) in [4.78, 5) is 0. The molecule has 1 atom stereocenters. The molecule has 0 aromatic heterocycles. The van der Waals surface area contributed by atoms with E-state index in [-0.39, 0.29) is 12.6 Å². The highest BCUT2D eigenvalue weighted by Gasteiger charge is 1.93. The molecule has 16 heavy (non-hydrogen) atoms. The van der Waals surface area contributed by atoms with Crippen LogP contribution in [0.3, 0.4) is 0 Å². The van der Waals surface area contributed by atoms with E-state index in [1.54, 1.807) is 0 Å². The molecule has 0 saturated carbocycles. The molecule has 1 unspecified atom stereocenters. The molecule has 0 radical (unpaired) electrons. The number of unbranched alkanes of at least 4 members (excludes halogenated alkanes) is 3. The van der Waals surface area contributed by atoms with Crippen LogP contribution in [-0.4, -0.2) is 17.8 Å². The van der Waals surface area contributed by atoms with Crippen LogP contribution in [0.25, 0.3) is 0 Å². The van der Waals surface area contributed by atoms with Crippen LogP contribution in [0.5, 0.6) is 0 Å². The number of nitrogens with two attached hydrogens (primary N) is 1. The third-order valence-electron chi connectivity index (χ3n) is 2.25. The maximum absolute atomic E-state index is 8.69. The molecule has 0 saturated heterocycles. The van der Waals surface area contributed by atoms with Crippen molar-refractivity contribution in [1.82, 2.24) is 0 Å². The quantitative estimate of drug-likeness (QED) is 0.466. The minimum atomic E-state index is -0.130. The Labute approximate surface area is 99.5 Å². The Balaban J connectivity index is 3.45. The Morgan fingerprint density at radius 2 is 1.75 bits per heavy atom. The molecule has 0 bridgehead atoms. The summed E-state index contributed by atoms with van der Waals surface area (Å²) in [6.07, 6.45) is 18.0. The topological polar surface area (TPSA) is 46.2 Å². The van der Waals surface area contributed by atoms with Crippen molar-refractivity contribution in [3.63, 3.8) is 0 Å². The van der Waals surface area contributed by atoms with Crippen molar-refractivity contribution in [3.8, 4) is 0 Å². The average molecular weight is 223 g/mol. The van der Waals surface area contributed by atoms with Gasteiger partial charge in [-0.2, -0.15) is 0 Å². The van der Waals surface area contributed by atoms with E-state index < -0.39 is 0 Å². The zero-order chi connectivity index (χ0) is 12.1. The first-order chi connectivity index (χ1) is 7.81. The predicted octanol–water partition coefficient (Wildman–Crippen LogP) is 2.95. The smallest absolute Gasteiger partial charge is 0.0585 e. The minimum absolute atomic E-state index is 0.0470. The fraction of sp³-hybridized carbons (Fsp3) is 0.571. The van der Waals surface area contributed by atoms with Crippen LogP contribution in [0.1, 0.15) is 39.0 Å². The fourth-order valence-corrected chi connectivity index (χ4v) is 1.22. The summed E-state index contributed by atoms with van der Waals surface area (Å²) in [5.41, 5.74) is 5.54. The van der Waals surface area contributed by atoms with Gasteiger partial charge in [-0.1, -0.05) is 56.2 Å². The summed E-state index contributed by atoms with van der Waals surface area (Å²) in [7, 11) is 0. The average Bonchev–Trinajstić information content (AvgIpc) is 2.31. The lowest BCUT2D eigenvalue weighted by atomic mass is 10.2. The third-order valence-corrected chi connectivity index (χ3v) is 2.25. The van der Waals surface area contributed by atoms with Crippen LogP contribution in [0.15, 0.2) is 36.5 Å². The molecule has 0 heterocycles. The van der Waals surface area contributed by atoms with E-state index in [0.29, 0.717) is 0 Å². The first-order valence-electron chi connectivity index (χ1n) is 6.16. The number of aliphatic hydroxyl groups excluding tert-OH is 1. The van der Waals surface area contributed by atoms with Gasteiger partial charge >= 0.3 is 0 Å². The summed E-state index contributed by atoms with van der Waals surface area (Å²) in [6.45, 7) is 2.26. The number of allylic oxidation sites excluding steroid dienone is 5. The number of aliphatic hydroxyl groups is 1. The van der Waals surface area contributed by atoms with Crippen LogP contribution in [0, 0.1) is 0 Å². The van der Waals surface area contributed by atoms with E-state index in [0.717, 1.165) is 12.8 Å². The van der Waals surface area contributed by atoms with Gasteiger partial charge in [0, 0.05) is 6.04 Å². The number of hydrogen-bond donors (Lipinski definition) is 2. The van der Waals surface area contributed by atoms with Crippen molar-refractivity contribution in [2.45, 2.75) is 45.1 Å². The minimum Gasteiger partial charge on any atom is -0.395 e. The molecular weight excluding hydrogens is 198 g/mol. The molecule has 0 spiro atoms. The monoisotopic (exact) mass is 223 g/mol. The van der Waals surface area contributed by atoms with Gasteiger partial charge in [0.15, 0.2) is 0 Å². The van der Waals surface area contributed by atoms with Crippen LogP contribution in [0.2, 0.25) is 0 Å². The maximum Gasteiger partial charge on any atom is 0.0585 e. The fourth-order valence-electron chi connectivity index (χ4n) is 1.22. The Bertz CT molecular complexity index is 219. The van der Waals surface area contributed by atoms with Gasteiger partial charge in [-0.05, 0) is 19.3 Å². The second-order valence-electron chi connectivity index (χ2n) is 3.92. The second-order valence-corrected chi connectivity index (χ2v) is 3.92. The molecule has 0 aliphatic rings. The first-order valence-corrected chi connectivity index (χ1v) is 6.16. The lowest BCUT2D eigenvalue weighted by molar-refractivity contribution is 0.266. The maximum atomic E-state index is 8.69. The molecule has 0 fully saturated rings. The van der Waals surface area contributed by atoms with Crippen molar-refractivity contribution in [3.05, 3.63) is 36.5 Å². The normalized spacial score (nSPS) is 14.4. The van der Waals surface area contributed by atoms with Gasteiger partial charge < -0.3 is 10.8 Å². The Morgan fingerprint density at radius 1 is 1.06 bits per heavy atom. The van der Waals surface area contributed by atoms with Crippen molar-refractivity contribution in [2.75, 3.05) is 6.61 Å². The Hall–Kier alpha value is -0.860. The standard InChI is InChI=1S/C14H25NO/c1-2-3-4-5-6-7-8-9-10-11-12-14(15)13-16/h6-11,14,16H,2-5,12-13,15H2,1H3/b7-6+,9-8+,11-10+. The summed E-state index contributed by atoms with van der Waals surface area (Å²) in [5.74, 6) is 0. The highest BCUT2D eigenvalue weighted by Crippen LogP contribution is 1.99. The van der Waals surface area contributed by atoms with Crippen molar-refractivity contribution < 1.29 is 5.11 Å². The number of hydrogen-bond acceptors (Lipinski definition) is 2. The molecular formula is C14H25NO. The van der Waals surface area contributed by atoms with Gasteiger partial charge in [-0.25, -0.2) is 0 Å². The molecule has 2 nitrogen and oxygen atoms in total. The van der Waals surface area contributed by atoms with Crippen LogP contribution < -0.4 is 5.73 Å². The summed E-state index contributed by atoms with van der Waals surface area (Å²) in [6, 6.07) is -0.130. The molecule has 92 valence electrons. The largest absolute Gasteiger partial charge is 0.395 e. The molecule has 0 aliphatic carbocycles. The predicted molar refractivity (Wildman–Crippen MR) is 71.2 cm³/mol. The molecule has 0 rings (SSSR count). The van der Waals surface area contributed by atoms with E-state index in [9.17, 15) is 0 Å². The van der Waals surface area contributed by atoms with Crippen molar-refractivity contribution >= 4 is 0 Å². The highest BCUT2D eigenvalue weighted by atomic mass is 16.3. The van der Waals surface area contributed by atoms with Gasteiger partial charge in [0.1, 0.15) is 0 Å². The van der Waals surface area contributed by atoms with Gasteiger partial charge in [-0.3, -0.25) is 0 Å². The summed E-state index contributed by atoms with van der Waals surface area (Å²) < 4.78 is 0. The van der Waals surface area contributed by atoms with Crippen molar-refractivity contribution in [1.29, 1.82) is 0 Å². The van der Waals surface area contributed by atoms with Gasteiger partial charge in [0.25, 0.3) is 0 Å². The zero-order valence-corrected chi connectivity index (χ0v) is 10.3. The molecule has 3 N–H and O–H groups in total. The highest BCUT2D eigenvalue weighted by molar-refractivity contribution is 5.11. The zero-order valence-electron chi connectivity index (χ0n) is 10.3. The lowest BCUT2D eigenvalue weighted by Gasteiger charge is -2.00. The molecule has 0 amide bonds. The van der Waals surface area contributed by atoms with E-state index in [1.807, 2.05) is 24.3 Å². The van der Waals surface area contributed by atoms with E-state index in [4.69, 9.17) is 10.8 Å². The van der Waals surface area contributed by atoms with E-state index in [2.05, 4.69) is 19.1 Å². The third kappa shape index (κ3) is 11.2.